The molecule has 1 saturated heterocycles. The van der Waals surface area contributed by atoms with Gasteiger partial charge >= 0.3 is 0 Å². The molecule has 0 amide bonds. The maximum Gasteiger partial charge on any atom is 0.191 e. The lowest BCUT2D eigenvalue weighted by atomic mass is 10.1. The molecule has 1 fully saturated rings. The number of nitrogens with zero attached hydrogens (tertiary/aromatic N) is 3. The summed E-state index contributed by atoms with van der Waals surface area (Å²) in [5.41, 5.74) is 1.27. The van der Waals surface area contributed by atoms with Gasteiger partial charge in [-0.15, -0.1) is 0 Å². The van der Waals surface area contributed by atoms with E-state index in [1.165, 1.54) is 5.56 Å². The Bertz CT molecular complexity index is 966. The van der Waals surface area contributed by atoms with Gasteiger partial charge in [0.15, 0.2) is 5.96 Å². The van der Waals surface area contributed by atoms with Crippen molar-refractivity contribution in [3.8, 4) is 5.75 Å². The van der Waals surface area contributed by atoms with E-state index >= 15 is 0 Å². The van der Waals surface area contributed by atoms with Gasteiger partial charge in [-0.3, -0.25) is 4.99 Å². The molecule has 0 aliphatic carbocycles. The van der Waals surface area contributed by atoms with Gasteiger partial charge in [0.25, 0.3) is 0 Å². The van der Waals surface area contributed by atoms with Crippen LogP contribution in [0.4, 0.5) is 5.82 Å². The highest BCUT2D eigenvalue weighted by Crippen LogP contribution is 2.17. The number of nitrogens with one attached hydrogen (secondary N) is 2. The minimum atomic E-state index is 0.390. The van der Waals surface area contributed by atoms with Gasteiger partial charge in [-0.2, -0.15) is 0 Å². The summed E-state index contributed by atoms with van der Waals surface area (Å²) in [6.07, 6.45) is 7.37. The smallest absolute Gasteiger partial charge is 0.191 e. The third-order valence-electron chi connectivity index (χ3n) is 5.88. The highest BCUT2D eigenvalue weighted by molar-refractivity contribution is 5.80. The van der Waals surface area contributed by atoms with Crippen molar-refractivity contribution in [1.82, 2.24) is 15.6 Å². The summed E-state index contributed by atoms with van der Waals surface area (Å²) in [5.74, 6) is 3.76. The molecule has 1 aliphatic heterocycles. The van der Waals surface area contributed by atoms with Crippen molar-refractivity contribution in [1.29, 1.82) is 0 Å². The molecule has 1 aliphatic rings. The molecule has 0 radical (unpaired) electrons. The SMILES string of the molecule is COc1ccc(CCNC(=NCCc2ccco2)NC2CCN(c3ccccn3)CC2)cc1. The third-order valence-corrected chi connectivity index (χ3v) is 5.88. The monoisotopic (exact) mass is 447 g/mol. The van der Waals surface area contributed by atoms with E-state index < -0.39 is 0 Å². The second-order valence-electron chi connectivity index (χ2n) is 8.18. The lowest BCUT2D eigenvalue weighted by Crippen LogP contribution is -2.49. The van der Waals surface area contributed by atoms with Crippen molar-refractivity contribution in [2.75, 3.05) is 38.2 Å². The van der Waals surface area contributed by atoms with E-state index in [9.17, 15) is 0 Å². The summed E-state index contributed by atoms with van der Waals surface area (Å²) >= 11 is 0. The number of guanidine groups is 1. The predicted molar refractivity (Wildman–Crippen MR) is 132 cm³/mol. The summed E-state index contributed by atoms with van der Waals surface area (Å²) in [7, 11) is 1.69. The molecule has 1 aromatic carbocycles. The van der Waals surface area contributed by atoms with E-state index in [-0.39, 0.29) is 0 Å². The van der Waals surface area contributed by atoms with Crippen LogP contribution in [-0.2, 0) is 12.8 Å². The lowest BCUT2D eigenvalue weighted by molar-refractivity contribution is 0.414. The molecule has 4 rings (SSSR count). The fourth-order valence-corrected chi connectivity index (χ4v) is 3.99. The molecule has 2 aromatic heterocycles. The van der Waals surface area contributed by atoms with E-state index in [4.69, 9.17) is 14.1 Å². The average Bonchev–Trinajstić information content (AvgIpc) is 3.39. The molecular formula is C26H33N5O2. The molecule has 0 saturated carbocycles. The zero-order valence-corrected chi connectivity index (χ0v) is 19.2. The Hall–Kier alpha value is -3.48. The first-order valence-corrected chi connectivity index (χ1v) is 11.7. The molecule has 7 heteroatoms. The van der Waals surface area contributed by atoms with Crippen molar-refractivity contribution in [2.24, 2.45) is 4.99 Å². The van der Waals surface area contributed by atoms with Crippen LogP contribution in [0.2, 0.25) is 0 Å². The largest absolute Gasteiger partial charge is 0.497 e. The van der Waals surface area contributed by atoms with Gasteiger partial charge < -0.3 is 24.7 Å². The molecule has 3 heterocycles. The van der Waals surface area contributed by atoms with Crippen LogP contribution in [0.5, 0.6) is 5.75 Å². The zero-order valence-electron chi connectivity index (χ0n) is 19.2. The molecule has 0 unspecified atom stereocenters. The fourth-order valence-electron chi connectivity index (χ4n) is 3.99. The predicted octanol–water partition coefficient (Wildman–Crippen LogP) is 3.67. The van der Waals surface area contributed by atoms with Gasteiger partial charge in [0, 0.05) is 44.8 Å². The van der Waals surface area contributed by atoms with Crippen molar-refractivity contribution in [3.63, 3.8) is 0 Å². The highest BCUT2D eigenvalue weighted by Gasteiger charge is 2.20. The van der Waals surface area contributed by atoms with Gasteiger partial charge in [-0.05, 0) is 61.2 Å². The molecular weight excluding hydrogens is 414 g/mol. The first-order chi connectivity index (χ1) is 16.3. The third kappa shape index (κ3) is 7.00. The van der Waals surface area contributed by atoms with Crippen LogP contribution in [0.15, 0.2) is 76.5 Å². The Kier molecular flexibility index (Phi) is 8.22. The second kappa shape index (κ2) is 11.9. The number of pyridine rings is 1. The Morgan fingerprint density at radius 2 is 1.94 bits per heavy atom. The van der Waals surface area contributed by atoms with Crippen LogP contribution in [0.3, 0.4) is 0 Å². The number of methoxy groups -OCH3 is 1. The molecule has 2 N–H and O–H groups in total. The Labute approximate surface area is 195 Å². The quantitative estimate of drug-likeness (QED) is 0.385. The fraction of sp³-hybridized carbons (Fsp3) is 0.385. The number of aliphatic imine (C=N–C) groups is 1. The first-order valence-electron chi connectivity index (χ1n) is 11.7. The summed E-state index contributed by atoms with van der Waals surface area (Å²) in [6, 6.07) is 18.6. The molecule has 0 atom stereocenters. The summed E-state index contributed by atoms with van der Waals surface area (Å²) < 4.78 is 10.7. The summed E-state index contributed by atoms with van der Waals surface area (Å²) in [4.78, 5) is 11.7. The van der Waals surface area contributed by atoms with E-state index in [2.05, 4.69) is 38.7 Å². The minimum Gasteiger partial charge on any atom is -0.497 e. The zero-order chi connectivity index (χ0) is 22.7. The van der Waals surface area contributed by atoms with Crippen LogP contribution in [-0.4, -0.2) is 50.3 Å². The van der Waals surface area contributed by atoms with Gasteiger partial charge in [0.2, 0.25) is 0 Å². The maximum absolute atomic E-state index is 5.45. The number of hydrogen-bond acceptors (Lipinski definition) is 5. The molecule has 7 nitrogen and oxygen atoms in total. The number of anilines is 1. The Morgan fingerprint density at radius 1 is 1.09 bits per heavy atom. The number of ether oxygens (including phenoxy) is 1. The van der Waals surface area contributed by atoms with Crippen molar-refractivity contribution < 1.29 is 9.15 Å². The molecule has 174 valence electrons. The van der Waals surface area contributed by atoms with Gasteiger partial charge in [-0.25, -0.2) is 4.98 Å². The molecule has 3 aromatic rings. The first kappa shape index (κ1) is 22.7. The lowest BCUT2D eigenvalue weighted by Gasteiger charge is -2.33. The standard InChI is InChI=1S/C26H33N5O2/c1-32-23-9-7-21(8-10-23)11-16-28-26(29-17-12-24-5-4-20-33-24)30-22-13-18-31(19-14-22)25-6-2-3-15-27-25/h2-10,15,20,22H,11-14,16-19H2,1H3,(H2,28,29,30). The number of benzene rings is 1. The molecule has 0 bridgehead atoms. The minimum absolute atomic E-state index is 0.390. The van der Waals surface area contributed by atoms with Gasteiger partial charge in [-0.1, -0.05) is 18.2 Å². The highest BCUT2D eigenvalue weighted by atomic mass is 16.5. The Balaban J connectivity index is 1.30. The van der Waals surface area contributed by atoms with E-state index in [1.807, 2.05) is 42.6 Å². The number of furan rings is 1. The summed E-state index contributed by atoms with van der Waals surface area (Å²) in [5, 5.41) is 7.17. The van der Waals surface area contributed by atoms with Crippen molar-refractivity contribution >= 4 is 11.8 Å². The topological polar surface area (TPSA) is 74.9 Å². The number of hydrogen-bond donors (Lipinski definition) is 2. The number of rotatable bonds is 9. The Morgan fingerprint density at radius 3 is 2.64 bits per heavy atom. The summed E-state index contributed by atoms with van der Waals surface area (Å²) in [6.45, 7) is 3.46. The number of aromatic nitrogens is 1. The van der Waals surface area contributed by atoms with Crippen LogP contribution >= 0.6 is 0 Å². The number of piperidine rings is 1. The molecule has 0 spiro atoms. The van der Waals surface area contributed by atoms with E-state index in [0.717, 1.165) is 68.6 Å². The van der Waals surface area contributed by atoms with Crippen LogP contribution < -0.4 is 20.3 Å². The van der Waals surface area contributed by atoms with Crippen LogP contribution in [0.25, 0.3) is 0 Å². The molecule has 33 heavy (non-hydrogen) atoms. The maximum atomic E-state index is 5.45. The van der Waals surface area contributed by atoms with Gasteiger partial charge in [0.05, 0.1) is 13.4 Å². The average molecular weight is 448 g/mol. The van der Waals surface area contributed by atoms with E-state index in [1.54, 1.807) is 13.4 Å². The van der Waals surface area contributed by atoms with Gasteiger partial charge in [0.1, 0.15) is 17.3 Å². The van der Waals surface area contributed by atoms with Crippen LogP contribution in [0, 0.1) is 0 Å². The normalized spacial score (nSPS) is 14.8. The van der Waals surface area contributed by atoms with Crippen molar-refractivity contribution in [3.05, 3.63) is 78.4 Å². The van der Waals surface area contributed by atoms with Crippen LogP contribution in [0.1, 0.15) is 24.2 Å². The van der Waals surface area contributed by atoms with Crippen molar-refractivity contribution in [2.45, 2.75) is 31.7 Å². The van der Waals surface area contributed by atoms with E-state index in [0.29, 0.717) is 12.6 Å². The second-order valence-corrected chi connectivity index (χ2v) is 8.18.